The van der Waals surface area contributed by atoms with E-state index >= 15 is 0 Å². The highest BCUT2D eigenvalue weighted by molar-refractivity contribution is 5.62. The third-order valence-corrected chi connectivity index (χ3v) is 2.20. The highest BCUT2D eigenvalue weighted by atomic mass is 16.5. The number of hydrogen-bond donors (Lipinski definition) is 0. The standard InChI is InChI=1S/C11H11NO.C3H8/c1-8-9(2)13-12-11(8)10-6-4-3-5-7-10;1-3-2/h3-7H,1-2H3;3H2,1-2H3. The van der Waals surface area contributed by atoms with E-state index in [1.54, 1.807) is 0 Å². The highest BCUT2D eigenvalue weighted by Crippen LogP contribution is 2.23. The van der Waals surface area contributed by atoms with Crippen LogP contribution in [0.2, 0.25) is 0 Å². The predicted octanol–water partition coefficient (Wildman–Crippen LogP) is 4.37. The van der Waals surface area contributed by atoms with Gasteiger partial charge in [0.2, 0.25) is 0 Å². The summed E-state index contributed by atoms with van der Waals surface area (Å²) in [7, 11) is 0. The van der Waals surface area contributed by atoms with E-state index in [9.17, 15) is 0 Å². The largest absolute Gasteiger partial charge is 0.361 e. The Morgan fingerprint density at radius 2 is 1.62 bits per heavy atom. The molecule has 0 saturated heterocycles. The predicted molar refractivity (Wildman–Crippen MR) is 67.4 cm³/mol. The number of nitrogens with zero attached hydrogens (tertiary/aromatic N) is 1. The molecule has 16 heavy (non-hydrogen) atoms. The fourth-order valence-electron chi connectivity index (χ4n) is 1.28. The quantitative estimate of drug-likeness (QED) is 0.708. The van der Waals surface area contributed by atoms with Crippen LogP contribution < -0.4 is 0 Å². The number of hydrogen-bond acceptors (Lipinski definition) is 2. The van der Waals surface area contributed by atoms with Gasteiger partial charge in [-0.25, -0.2) is 0 Å². The van der Waals surface area contributed by atoms with Crippen molar-refractivity contribution in [3.8, 4) is 11.3 Å². The second-order valence-corrected chi connectivity index (χ2v) is 3.79. The molecule has 2 nitrogen and oxygen atoms in total. The molecule has 0 fully saturated rings. The van der Waals surface area contributed by atoms with Crippen molar-refractivity contribution in [1.29, 1.82) is 0 Å². The van der Waals surface area contributed by atoms with E-state index in [0.29, 0.717) is 0 Å². The van der Waals surface area contributed by atoms with Crippen LogP contribution in [0.3, 0.4) is 0 Å². The van der Waals surface area contributed by atoms with Crippen molar-refractivity contribution in [2.24, 2.45) is 0 Å². The van der Waals surface area contributed by atoms with Crippen molar-refractivity contribution in [1.82, 2.24) is 5.16 Å². The van der Waals surface area contributed by atoms with E-state index in [-0.39, 0.29) is 0 Å². The Morgan fingerprint density at radius 1 is 1.06 bits per heavy atom. The van der Waals surface area contributed by atoms with Crippen molar-refractivity contribution < 1.29 is 4.52 Å². The van der Waals surface area contributed by atoms with Crippen molar-refractivity contribution in [2.75, 3.05) is 0 Å². The molecule has 0 radical (unpaired) electrons. The Balaban J connectivity index is 0.000000386. The van der Waals surface area contributed by atoms with Crippen LogP contribution in [0.15, 0.2) is 34.9 Å². The molecule has 1 aromatic heterocycles. The molecule has 0 bridgehead atoms. The second-order valence-electron chi connectivity index (χ2n) is 3.79. The summed E-state index contributed by atoms with van der Waals surface area (Å²) in [6, 6.07) is 10.1. The third kappa shape index (κ3) is 2.96. The van der Waals surface area contributed by atoms with E-state index in [1.165, 1.54) is 6.42 Å². The first-order chi connectivity index (χ1) is 7.70. The Labute approximate surface area is 97.3 Å². The Kier molecular flexibility index (Phi) is 4.77. The molecule has 0 aliphatic carbocycles. The lowest BCUT2D eigenvalue weighted by Crippen LogP contribution is -1.79. The zero-order chi connectivity index (χ0) is 12.0. The maximum Gasteiger partial charge on any atom is 0.137 e. The van der Waals surface area contributed by atoms with Crippen LogP contribution >= 0.6 is 0 Å². The lowest BCUT2D eigenvalue weighted by atomic mass is 10.1. The lowest BCUT2D eigenvalue weighted by molar-refractivity contribution is 0.398. The van der Waals surface area contributed by atoms with Crippen LogP contribution in [0, 0.1) is 13.8 Å². The van der Waals surface area contributed by atoms with E-state index in [1.807, 2.05) is 44.2 Å². The molecule has 86 valence electrons. The van der Waals surface area contributed by atoms with Crippen LogP contribution in [0.1, 0.15) is 31.6 Å². The smallest absolute Gasteiger partial charge is 0.137 e. The zero-order valence-electron chi connectivity index (χ0n) is 10.4. The molecular formula is C14H19NO. The molecule has 2 heteroatoms. The van der Waals surface area contributed by atoms with Gasteiger partial charge in [0.15, 0.2) is 0 Å². The Morgan fingerprint density at radius 3 is 2.06 bits per heavy atom. The second kappa shape index (κ2) is 6.11. The van der Waals surface area contributed by atoms with Gasteiger partial charge in [0.05, 0.1) is 0 Å². The monoisotopic (exact) mass is 217 g/mol. The van der Waals surface area contributed by atoms with Crippen LogP contribution in [-0.2, 0) is 0 Å². The van der Waals surface area contributed by atoms with Gasteiger partial charge in [-0.2, -0.15) is 0 Å². The molecule has 2 aromatic rings. The van der Waals surface area contributed by atoms with Gasteiger partial charge in [-0.05, 0) is 13.8 Å². The summed E-state index contributed by atoms with van der Waals surface area (Å²) in [5, 5.41) is 4.01. The number of benzene rings is 1. The molecular weight excluding hydrogens is 198 g/mol. The van der Waals surface area contributed by atoms with Gasteiger partial charge in [-0.3, -0.25) is 0 Å². The average Bonchev–Trinajstić information content (AvgIpc) is 2.62. The van der Waals surface area contributed by atoms with Gasteiger partial charge in [0.25, 0.3) is 0 Å². The Hall–Kier alpha value is -1.57. The molecule has 2 rings (SSSR count). The van der Waals surface area contributed by atoms with E-state index in [0.717, 1.165) is 22.6 Å². The van der Waals surface area contributed by atoms with Gasteiger partial charge in [-0.1, -0.05) is 55.8 Å². The SMILES string of the molecule is CCC.Cc1onc(-c2ccccc2)c1C. The molecule has 0 aliphatic rings. The summed E-state index contributed by atoms with van der Waals surface area (Å²) < 4.78 is 5.10. The summed E-state index contributed by atoms with van der Waals surface area (Å²) in [4.78, 5) is 0. The molecule has 0 aliphatic heterocycles. The normalized spacial score (nSPS) is 9.50. The Bertz CT molecular complexity index is 418. The van der Waals surface area contributed by atoms with Crippen LogP contribution in [0.25, 0.3) is 11.3 Å². The van der Waals surface area contributed by atoms with Crippen molar-refractivity contribution in [3.63, 3.8) is 0 Å². The van der Waals surface area contributed by atoms with Gasteiger partial charge in [-0.15, -0.1) is 0 Å². The number of rotatable bonds is 1. The molecule has 1 aromatic carbocycles. The fourth-order valence-corrected chi connectivity index (χ4v) is 1.28. The maximum atomic E-state index is 5.10. The summed E-state index contributed by atoms with van der Waals surface area (Å²) in [5.74, 6) is 0.888. The first-order valence-corrected chi connectivity index (χ1v) is 5.69. The number of aryl methyl sites for hydroxylation is 1. The van der Waals surface area contributed by atoms with Crippen LogP contribution in [0.4, 0.5) is 0 Å². The molecule has 0 N–H and O–H groups in total. The summed E-state index contributed by atoms with van der Waals surface area (Å²) >= 11 is 0. The van der Waals surface area contributed by atoms with E-state index < -0.39 is 0 Å². The third-order valence-electron chi connectivity index (χ3n) is 2.20. The van der Waals surface area contributed by atoms with Gasteiger partial charge in [0, 0.05) is 11.1 Å². The minimum absolute atomic E-state index is 0.888. The summed E-state index contributed by atoms with van der Waals surface area (Å²) in [6.45, 7) is 8.20. The molecule has 0 atom stereocenters. The minimum Gasteiger partial charge on any atom is -0.361 e. The first-order valence-electron chi connectivity index (χ1n) is 5.69. The van der Waals surface area contributed by atoms with E-state index in [4.69, 9.17) is 4.52 Å². The molecule has 0 spiro atoms. The topological polar surface area (TPSA) is 26.0 Å². The molecule has 0 unspecified atom stereocenters. The minimum atomic E-state index is 0.888. The molecule has 0 amide bonds. The van der Waals surface area contributed by atoms with Crippen LogP contribution in [0.5, 0.6) is 0 Å². The molecule has 1 heterocycles. The van der Waals surface area contributed by atoms with Gasteiger partial charge < -0.3 is 4.52 Å². The lowest BCUT2D eigenvalue weighted by Gasteiger charge is -1.95. The molecule has 0 saturated carbocycles. The fraction of sp³-hybridized carbons (Fsp3) is 0.357. The van der Waals surface area contributed by atoms with Crippen LogP contribution in [-0.4, -0.2) is 5.16 Å². The van der Waals surface area contributed by atoms with Gasteiger partial charge >= 0.3 is 0 Å². The number of aromatic nitrogens is 1. The van der Waals surface area contributed by atoms with Crippen molar-refractivity contribution in [3.05, 3.63) is 41.7 Å². The summed E-state index contributed by atoms with van der Waals surface area (Å²) in [6.07, 6.45) is 1.25. The zero-order valence-corrected chi connectivity index (χ0v) is 10.4. The van der Waals surface area contributed by atoms with Crippen molar-refractivity contribution >= 4 is 0 Å². The highest BCUT2D eigenvalue weighted by Gasteiger charge is 2.08. The summed E-state index contributed by atoms with van der Waals surface area (Å²) in [5.41, 5.74) is 3.17. The van der Waals surface area contributed by atoms with E-state index in [2.05, 4.69) is 19.0 Å². The average molecular weight is 217 g/mol. The maximum absolute atomic E-state index is 5.10. The van der Waals surface area contributed by atoms with Gasteiger partial charge in [0.1, 0.15) is 11.5 Å². The first kappa shape index (κ1) is 12.5. The van der Waals surface area contributed by atoms with Crippen molar-refractivity contribution in [2.45, 2.75) is 34.1 Å².